The minimum absolute atomic E-state index is 0.152. The van der Waals surface area contributed by atoms with E-state index in [9.17, 15) is 4.79 Å². The van der Waals surface area contributed by atoms with E-state index in [-0.39, 0.29) is 11.9 Å². The molecule has 3 rings (SSSR count). The zero-order chi connectivity index (χ0) is 19.1. The first-order chi connectivity index (χ1) is 13.1. The molecule has 0 fully saturated rings. The molecular formula is C19H21BrN4O3. The molecule has 27 heavy (non-hydrogen) atoms. The molecule has 2 aromatic carbocycles. The van der Waals surface area contributed by atoms with Gasteiger partial charge in [-0.25, -0.2) is 0 Å². The monoisotopic (exact) mass is 432 g/mol. The molecule has 0 aromatic heterocycles. The first-order valence-electron chi connectivity index (χ1n) is 8.62. The molecule has 0 atom stereocenters. The van der Waals surface area contributed by atoms with E-state index in [0.29, 0.717) is 37.6 Å². The molecule has 0 unspecified atom stereocenters. The van der Waals surface area contributed by atoms with Crippen LogP contribution in [0, 0.1) is 0 Å². The van der Waals surface area contributed by atoms with Gasteiger partial charge in [0.1, 0.15) is 0 Å². The van der Waals surface area contributed by atoms with Gasteiger partial charge in [0.2, 0.25) is 0 Å². The van der Waals surface area contributed by atoms with Crippen LogP contribution in [0.1, 0.15) is 16.8 Å². The van der Waals surface area contributed by atoms with E-state index >= 15 is 0 Å². The zero-order valence-corrected chi connectivity index (χ0v) is 16.3. The van der Waals surface area contributed by atoms with Gasteiger partial charge in [-0.05, 0) is 30.3 Å². The van der Waals surface area contributed by atoms with Crippen molar-refractivity contribution in [1.29, 1.82) is 0 Å². The number of amides is 1. The minimum Gasteiger partial charge on any atom is -0.490 e. The van der Waals surface area contributed by atoms with Crippen molar-refractivity contribution in [3.63, 3.8) is 0 Å². The first kappa shape index (κ1) is 19.0. The van der Waals surface area contributed by atoms with Gasteiger partial charge in [-0.1, -0.05) is 22.0 Å². The van der Waals surface area contributed by atoms with Crippen LogP contribution in [0.4, 0.5) is 5.69 Å². The Morgan fingerprint density at radius 1 is 1.15 bits per heavy atom. The molecule has 1 heterocycles. The molecule has 0 spiro atoms. The van der Waals surface area contributed by atoms with Crippen LogP contribution in [-0.4, -0.2) is 38.2 Å². The molecule has 0 bridgehead atoms. The number of nitrogens with zero attached hydrogens (tertiary/aromatic N) is 1. The summed E-state index contributed by atoms with van der Waals surface area (Å²) in [5.74, 6) is 1.53. The highest BCUT2D eigenvalue weighted by Gasteiger charge is 2.11. The quantitative estimate of drug-likeness (QED) is 0.383. The number of benzene rings is 2. The average Bonchev–Trinajstić information content (AvgIpc) is 2.90. The Hall–Kier alpha value is -2.74. The number of nitrogens with two attached hydrogens (primary N) is 1. The van der Waals surface area contributed by atoms with Crippen molar-refractivity contribution in [2.45, 2.75) is 6.42 Å². The van der Waals surface area contributed by atoms with Crippen LogP contribution in [-0.2, 0) is 0 Å². The number of carbonyl (C=O) groups is 1. The van der Waals surface area contributed by atoms with Gasteiger partial charge in [-0.15, -0.1) is 0 Å². The number of carbonyl (C=O) groups excluding carboxylic acids is 1. The van der Waals surface area contributed by atoms with Gasteiger partial charge in [0.05, 0.1) is 19.8 Å². The third-order valence-corrected chi connectivity index (χ3v) is 4.28. The number of nitrogens with one attached hydrogen (secondary N) is 2. The third-order valence-electron chi connectivity index (χ3n) is 3.79. The summed E-state index contributed by atoms with van der Waals surface area (Å²) < 4.78 is 12.1. The molecule has 0 saturated heterocycles. The minimum atomic E-state index is -0.152. The number of guanidine groups is 1. The molecule has 1 amide bonds. The van der Waals surface area contributed by atoms with Crippen LogP contribution in [0.2, 0.25) is 0 Å². The van der Waals surface area contributed by atoms with Gasteiger partial charge >= 0.3 is 0 Å². The highest BCUT2D eigenvalue weighted by atomic mass is 79.9. The maximum Gasteiger partial charge on any atom is 0.251 e. The molecule has 8 heteroatoms. The SMILES string of the molecule is NC(=NCCNC(=O)c1cccc(Br)c1)Nc1ccc2c(c1)OCCCO2. The lowest BCUT2D eigenvalue weighted by molar-refractivity contribution is 0.0954. The largest absolute Gasteiger partial charge is 0.490 e. The van der Waals surface area contributed by atoms with Gasteiger partial charge in [0, 0.05) is 34.8 Å². The van der Waals surface area contributed by atoms with Crippen LogP contribution in [0.15, 0.2) is 51.9 Å². The summed E-state index contributed by atoms with van der Waals surface area (Å²) in [4.78, 5) is 16.3. The summed E-state index contributed by atoms with van der Waals surface area (Å²) in [6, 6.07) is 12.7. The van der Waals surface area contributed by atoms with E-state index in [1.165, 1.54) is 0 Å². The predicted molar refractivity (Wildman–Crippen MR) is 109 cm³/mol. The standard InChI is InChI=1S/C19H21BrN4O3/c20-14-4-1-3-13(11-14)18(25)22-7-8-23-19(21)24-15-5-6-16-17(12-15)27-10-2-9-26-16/h1,3-6,11-12H,2,7-10H2,(H,22,25)(H3,21,23,24). The fourth-order valence-electron chi connectivity index (χ4n) is 2.51. The predicted octanol–water partition coefficient (Wildman–Crippen LogP) is 2.77. The molecule has 142 valence electrons. The number of rotatable bonds is 5. The number of anilines is 1. The van der Waals surface area contributed by atoms with E-state index in [2.05, 4.69) is 31.6 Å². The maximum atomic E-state index is 12.0. The van der Waals surface area contributed by atoms with Crippen LogP contribution < -0.4 is 25.8 Å². The lowest BCUT2D eigenvalue weighted by atomic mass is 10.2. The van der Waals surface area contributed by atoms with Crippen LogP contribution in [0.3, 0.4) is 0 Å². The highest BCUT2D eigenvalue weighted by Crippen LogP contribution is 2.32. The summed E-state index contributed by atoms with van der Waals surface area (Å²) in [7, 11) is 0. The Balaban J connectivity index is 1.48. The van der Waals surface area contributed by atoms with Crippen molar-refractivity contribution in [2.75, 3.05) is 31.6 Å². The Bertz CT molecular complexity index is 841. The second kappa shape index (κ2) is 9.27. The van der Waals surface area contributed by atoms with Crippen LogP contribution in [0.5, 0.6) is 11.5 Å². The van der Waals surface area contributed by atoms with Crippen LogP contribution >= 0.6 is 15.9 Å². The molecule has 2 aromatic rings. The van der Waals surface area contributed by atoms with Gasteiger partial charge in [0.25, 0.3) is 5.91 Å². The molecule has 1 aliphatic heterocycles. The van der Waals surface area contributed by atoms with Gasteiger partial charge in [-0.3, -0.25) is 9.79 Å². The van der Waals surface area contributed by atoms with Gasteiger partial charge < -0.3 is 25.8 Å². The van der Waals surface area contributed by atoms with E-state index in [0.717, 1.165) is 22.3 Å². The lowest BCUT2D eigenvalue weighted by Gasteiger charge is -2.11. The molecule has 7 nitrogen and oxygen atoms in total. The average molecular weight is 433 g/mol. The summed E-state index contributed by atoms with van der Waals surface area (Å²) in [6.07, 6.45) is 0.854. The Labute approximate surface area is 166 Å². The Morgan fingerprint density at radius 3 is 2.78 bits per heavy atom. The summed E-state index contributed by atoms with van der Waals surface area (Å²) >= 11 is 3.35. The molecule has 0 saturated carbocycles. The Kier molecular flexibility index (Phi) is 6.54. The number of fused-ring (bicyclic) bond motifs is 1. The topological polar surface area (TPSA) is 98.0 Å². The lowest BCUT2D eigenvalue weighted by Crippen LogP contribution is -2.28. The van der Waals surface area contributed by atoms with Crippen molar-refractivity contribution in [3.05, 3.63) is 52.5 Å². The molecule has 0 aliphatic carbocycles. The highest BCUT2D eigenvalue weighted by molar-refractivity contribution is 9.10. The number of aliphatic imine (C=N–C) groups is 1. The van der Waals surface area contributed by atoms with E-state index in [1.54, 1.807) is 12.1 Å². The molecular weight excluding hydrogens is 412 g/mol. The van der Waals surface area contributed by atoms with Crippen molar-refractivity contribution in [2.24, 2.45) is 10.7 Å². The third kappa shape index (κ3) is 5.62. The number of hydrogen-bond donors (Lipinski definition) is 3. The van der Waals surface area contributed by atoms with E-state index in [4.69, 9.17) is 15.2 Å². The fraction of sp³-hybridized carbons (Fsp3) is 0.263. The summed E-state index contributed by atoms with van der Waals surface area (Å²) in [5, 5.41) is 5.82. The second-order valence-electron chi connectivity index (χ2n) is 5.87. The molecule has 4 N–H and O–H groups in total. The van der Waals surface area contributed by atoms with Crippen molar-refractivity contribution >= 4 is 33.5 Å². The summed E-state index contributed by atoms with van der Waals surface area (Å²) in [5.41, 5.74) is 7.26. The number of halogens is 1. The van der Waals surface area contributed by atoms with Crippen LogP contribution in [0.25, 0.3) is 0 Å². The molecule has 1 aliphatic rings. The fourth-order valence-corrected chi connectivity index (χ4v) is 2.91. The Morgan fingerprint density at radius 2 is 1.96 bits per heavy atom. The van der Waals surface area contributed by atoms with Gasteiger partial charge in [0.15, 0.2) is 17.5 Å². The van der Waals surface area contributed by atoms with E-state index < -0.39 is 0 Å². The summed E-state index contributed by atoms with van der Waals surface area (Å²) in [6.45, 7) is 2.02. The normalized spacial score (nSPS) is 13.6. The molecule has 0 radical (unpaired) electrons. The maximum absolute atomic E-state index is 12.0. The zero-order valence-electron chi connectivity index (χ0n) is 14.7. The van der Waals surface area contributed by atoms with Gasteiger partial charge in [-0.2, -0.15) is 0 Å². The van der Waals surface area contributed by atoms with Crippen molar-refractivity contribution in [3.8, 4) is 11.5 Å². The smallest absolute Gasteiger partial charge is 0.251 e. The van der Waals surface area contributed by atoms with Crippen molar-refractivity contribution < 1.29 is 14.3 Å². The second-order valence-corrected chi connectivity index (χ2v) is 6.79. The first-order valence-corrected chi connectivity index (χ1v) is 9.41. The number of ether oxygens (including phenoxy) is 2. The van der Waals surface area contributed by atoms with Crippen molar-refractivity contribution in [1.82, 2.24) is 5.32 Å². The number of hydrogen-bond acceptors (Lipinski definition) is 4. The van der Waals surface area contributed by atoms with E-state index in [1.807, 2.05) is 30.3 Å².